The molecule has 2 N–H and O–H groups in total. The zero-order valence-electron chi connectivity index (χ0n) is 12.3. The summed E-state index contributed by atoms with van der Waals surface area (Å²) in [6.07, 6.45) is 0. The fourth-order valence-corrected chi connectivity index (χ4v) is 3.09. The molecule has 21 heavy (non-hydrogen) atoms. The third-order valence-corrected chi connectivity index (χ3v) is 5.29. The Bertz CT molecular complexity index is 615. The first kappa shape index (κ1) is 17.7. The molecule has 0 heterocycles. The zero-order valence-corrected chi connectivity index (χ0v) is 13.9. The number of nitrogens with two attached hydrogens (primary N) is 1. The molecule has 0 bridgehead atoms. The zero-order chi connectivity index (χ0) is 16.2. The minimum atomic E-state index is -3.78. The maximum atomic E-state index is 12.4. The average molecular weight is 334 g/mol. The quantitative estimate of drug-likeness (QED) is 0.798. The molecule has 0 atom stereocenters. The van der Waals surface area contributed by atoms with Crippen molar-refractivity contribution in [3.05, 3.63) is 23.2 Å². The summed E-state index contributed by atoms with van der Waals surface area (Å²) in [6, 6.07) is 4.08. The second kappa shape index (κ2) is 7.11. The standard InChI is InChI=1S/C13H20ClN3O3S/c1-4-17(5-2)13(18)9-16(3)21(19,20)10-6-7-11(14)12(15)8-10/h6-8H,4-5,9,15H2,1-3H3. The van der Waals surface area contributed by atoms with Crippen molar-refractivity contribution in [2.45, 2.75) is 18.7 Å². The van der Waals surface area contributed by atoms with E-state index in [0.29, 0.717) is 13.1 Å². The lowest BCUT2D eigenvalue weighted by molar-refractivity contribution is -0.130. The Kier molecular flexibility index (Phi) is 6.00. The summed E-state index contributed by atoms with van der Waals surface area (Å²) in [7, 11) is -2.41. The van der Waals surface area contributed by atoms with Crippen LogP contribution < -0.4 is 5.73 Å². The average Bonchev–Trinajstić information content (AvgIpc) is 2.42. The molecular weight excluding hydrogens is 314 g/mol. The molecule has 1 amide bonds. The maximum Gasteiger partial charge on any atom is 0.243 e. The van der Waals surface area contributed by atoms with Crippen LogP contribution in [-0.4, -0.2) is 50.2 Å². The topological polar surface area (TPSA) is 83.7 Å². The number of hydrogen-bond donors (Lipinski definition) is 1. The molecule has 0 aliphatic heterocycles. The number of nitrogen functional groups attached to an aromatic ring is 1. The first-order valence-electron chi connectivity index (χ1n) is 6.53. The molecule has 0 aliphatic carbocycles. The second-order valence-electron chi connectivity index (χ2n) is 4.51. The van der Waals surface area contributed by atoms with Crippen LogP contribution in [-0.2, 0) is 14.8 Å². The number of likely N-dealkylation sites (N-methyl/N-ethyl adjacent to an activating group) is 2. The maximum absolute atomic E-state index is 12.4. The van der Waals surface area contributed by atoms with E-state index in [9.17, 15) is 13.2 Å². The highest BCUT2D eigenvalue weighted by Gasteiger charge is 2.24. The Balaban J connectivity index is 2.96. The van der Waals surface area contributed by atoms with Crippen molar-refractivity contribution in [1.82, 2.24) is 9.21 Å². The first-order valence-corrected chi connectivity index (χ1v) is 8.35. The molecule has 0 aliphatic rings. The minimum Gasteiger partial charge on any atom is -0.397 e. The molecule has 0 spiro atoms. The molecule has 6 nitrogen and oxygen atoms in total. The van der Waals surface area contributed by atoms with Gasteiger partial charge in [-0.15, -0.1) is 0 Å². The van der Waals surface area contributed by atoms with Crippen LogP contribution in [0.1, 0.15) is 13.8 Å². The number of amides is 1. The largest absolute Gasteiger partial charge is 0.397 e. The van der Waals surface area contributed by atoms with Gasteiger partial charge in [0.05, 0.1) is 22.2 Å². The highest BCUT2D eigenvalue weighted by atomic mass is 35.5. The monoisotopic (exact) mass is 333 g/mol. The molecule has 0 saturated heterocycles. The summed E-state index contributed by atoms with van der Waals surface area (Å²) in [6.45, 7) is 4.55. The number of hydrogen-bond acceptors (Lipinski definition) is 4. The van der Waals surface area contributed by atoms with Gasteiger partial charge in [0.15, 0.2) is 0 Å². The normalized spacial score (nSPS) is 11.7. The van der Waals surface area contributed by atoms with Crippen molar-refractivity contribution in [3.8, 4) is 0 Å². The number of carbonyl (C=O) groups is 1. The summed E-state index contributed by atoms with van der Waals surface area (Å²) >= 11 is 5.78. The number of nitrogens with zero attached hydrogens (tertiary/aromatic N) is 2. The van der Waals surface area contributed by atoms with Gasteiger partial charge in [-0.2, -0.15) is 4.31 Å². The SMILES string of the molecule is CCN(CC)C(=O)CN(C)S(=O)(=O)c1ccc(Cl)c(N)c1. The smallest absolute Gasteiger partial charge is 0.243 e. The van der Waals surface area contributed by atoms with Crippen molar-refractivity contribution in [2.24, 2.45) is 0 Å². The predicted octanol–water partition coefficient (Wildman–Crippen LogP) is 1.41. The van der Waals surface area contributed by atoms with E-state index in [4.69, 9.17) is 17.3 Å². The number of carbonyl (C=O) groups excluding carboxylic acids is 1. The molecule has 0 radical (unpaired) electrons. The Hall–Kier alpha value is -1.31. The number of anilines is 1. The van der Waals surface area contributed by atoms with Crippen molar-refractivity contribution in [1.29, 1.82) is 0 Å². The van der Waals surface area contributed by atoms with E-state index in [2.05, 4.69) is 0 Å². The van der Waals surface area contributed by atoms with E-state index in [1.807, 2.05) is 13.8 Å². The van der Waals surface area contributed by atoms with E-state index in [1.54, 1.807) is 4.90 Å². The van der Waals surface area contributed by atoms with Gasteiger partial charge in [-0.05, 0) is 32.0 Å². The summed E-state index contributed by atoms with van der Waals surface area (Å²) in [5.74, 6) is -0.243. The first-order chi connectivity index (χ1) is 9.73. The van der Waals surface area contributed by atoms with Crippen molar-refractivity contribution < 1.29 is 13.2 Å². The molecule has 1 aromatic carbocycles. The number of sulfonamides is 1. The summed E-state index contributed by atoms with van der Waals surface area (Å²) in [5, 5.41) is 0.288. The van der Waals surface area contributed by atoms with Gasteiger partial charge in [-0.1, -0.05) is 11.6 Å². The number of benzene rings is 1. The molecule has 1 aromatic rings. The lowest BCUT2D eigenvalue weighted by atomic mass is 10.3. The predicted molar refractivity (Wildman–Crippen MR) is 83.6 cm³/mol. The van der Waals surface area contributed by atoms with Gasteiger partial charge in [-0.3, -0.25) is 4.79 Å². The summed E-state index contributed by atoms with van der Waals surface area (Å²) < 4.78 is 25.8. The van der Waals surface area contributed by atoms with Gasteiger partial charge in [0.2, 0.25) is 15.9 Å². The van der Waals surface area contributed by atoms with Gasteiger partial charge in [0, 0.05) is 20.1 Å². The Morgan fingerprint density at radius 2 is 1.86 bits per heavy atom. The third kappa shape index (κ3) is 4.09. The second-order valence-corrected chi connectivity index (χ2v) is 6.96. The molecule has 0 fully saturated rings. The number of rotatable bonds is 6. The fourth-order valence-electron chi connectivity index (χ4n) is 1.81. The molecule has 0 saturated carbocycles. The number of halogens is 1. The lowest BCUT2D eigenvalue weighted by Gasteiger charge is -2.23. The molecule has 1 rings (SSSR count). The molecule has 118 valence electrons. The highest BCUT2D eigenvalue weighted by Crippen LogP contribution is 2.23. The van der Waals surface area contributed by atoms with Crippen molar-refractivity contribution in [2.75, 3.05) is 32.4 Å². The summed E-state index contributed by atoms with van der Waals surface area (Å²) in [4.78, 5) is 13.6. The van der Waals surface area contributed by atoms with E-state index in [1.165, 1.54) is 25.2 Å². The van der Waals surface area contributed by atoms with Crippen molar-refractivity contribution in [3.63, 3.8) is 0 Å². The molecule has 0 unspecified atom stereocenters. The third-order valence-electron chi connectivity index (χ3n) is 3.15. The van der Waals surface area contributed by atoms with Gasteiger partial charge in [0.1, 0.15) is 0 Å². The van der Waals surface area contributed by atoms with Crippen LogP contribution in [0.2, 0.25) is 5.02 Å². The van der Waals surface area contributed by atoms with Gasteiger partial charge in [0.25, 0.3) is 0 Å². The van der Waals surface area contributed by atoms with Gasteiger partial charge < -0.3 is 10.6 Å². The minimum absolute atomic E-state index is 0.0132. The highest BCUT2D eigenvalue weighted by molar-refractivity contribution is 7.89. The van der Waals surface area contributed by atoms with Crippen molar-refractivity contribution >= 4 is 33.2 Å². The summed E-state index contributed by atoms with van der Waals surface area (Å²) in [5.41, 5.74) is 5.80. The van der Waals surface area contributed by atoms with E-state index < -0.39 is 10.0 Å². The Labute approximate surface area is 130 Å². The van der Waals surface area contributed by atoms with Gasteiger partial charge in [-0.25, -0.2) is 8.42 Å². The van der Waals surface area contributed by atoms with Crippen LogP contribution in [0.5, 0.6) is 0 Å². The van der Waals surface area contributed by atoms with E-state index in [0.717, 1.165) is 4.31 Å². The van der Waals surface area contributed by atoms with Crippen LogP contribution in [0.25, 0.3) is 0 Å². The molecule has 8 heteroatoms. The molecule has 0 aromatic heterocycles. The fraction of sp³-hybridized carbons (Fsp3) is 0.462. The van der Waals surface area contributed by atoms with Crippen LogP contribution in [0.4, 0.5) is 5.69 Å². The van der Waals surface area contributed by atoms with E-state index in [-0.39, 0.29) is 28.1 Å². The van der Waals surface area contributed by atoms with Gasteiger partial charge >= 0.3 is 0 Å². The van der Waals surface area contributed by atoms with E-state index >= 15 is 0 Å². The van der Waals surface area contributed by atoms with Crippen LogP contribution in [0.3, 0.4) is 0 Å². The Morgan fingerprint density at radius 1 is 1.29 bits per heavy atom. The van der Waals surface area contributed by atoms with Crippen LogP contribution in [0.15, 0.2) is 23.1 Å². The molecular formula is C13H20ClN3O3S. The van der Waals surface area contributed by atoms with Crippen LogP contribution in [0, 0.1) is 0 Å². The Morgan fingerprint density at radius 3 is 2.33 bits per heavy atom. The van der Waals surface area contributed by atoms with Crippen LogP contribution >= 0.6 is 11.6 Å². The lowest BCUT2D eigenvalue weighted by Crippen LogP contribution is -2.40.